The van der Waals surface area contributed by atoms with Crippen LogP contribution in [0.5, 0.6) is 0 Å². The highest BCUT2D eigenvalue weighted by Gasteiger charge is 2.13. The minimum absolute atomic E-state index is 0.519. The van der Waals surface area contributed by atoms with Gasteiger partial charge in [0.2, 0.25) is 0 Å². The van der Waals surface area contributed by atoms with Crippen molar-refractivity contribution in [2.75, 3.05) is 0 Å². The van der Waals surface area contributed by atoms with E-state index >= 15 is 0 Å². The highest BCUT2D eigenvalue weighted by Crippen LogP contribution is 2.31. The van der Waals surface area contributed by atoms with E-state index < -0.39 is 0 Å². The molecule has 0 spiro atoms. The number of H-pyrrole nitrogens is 1. The van der Waals surface area contributed by atoms with Crippen LogP contribution in [0.4, 0.5) is 0 Å². The molecule has 20 heavy (non-hydrogen) atoms. The second-order valence-electron chi connectivity index (χ2n) is 4.15. The van der Waals surface area contributed by atoms with E-state index in [2.05, 4.69) is 27.0 Å². The van der Waals surface area contributed by atoms with Crippen molar-refractivity contribution in [1.82, 2.24) is 9.55 Å². The van der Waals surface area contributed by atoms with Gasteiger partial charge in [-0.3, -0.25) is 4.57 Å². The van der Waals surface area contributed by atoms with Gasteiger partial charge in [-0.2, -0.15) is 5.26 Å². The van der Waals surface area contributed by atoms with Crippen LogP contribution in [0.15, 0.2) is 40.9 Å². The van der Waals surface area contributed by atoms with Gasteiger partial charge in [-0.05, 0) is 52.4 Å². The number of rotatable bonds is 1. The first-order valence-corrected chi connectivity index (χ1v) is 7.29. The third-order valence-electron chi connectivity index (χ3n) is 3.01. The predicted octanol–water partition coefficient (Wildman–Crippen LogP) is 4.98. The summed E-state index contributed by atoms with van der Waals surface area (Å²) in [5, 5.41) is 9.77. The molecule has 0 aliphatic rings. The van der Waals surface area contributed by atoms with Crippen molar-refractivity contribution in [3.63, 3.8) is 0 Å². The van der Waals surface area contributed by atoms with Gasteiger partial charge in [-0.15, -0.1) is 0 Å². The molecular formula is C14H7BrClN3S. The summed E-state index contributed by atoms with van der Waals surface area (Å²) in [7, 11) is 0. The Morgan fingerprint density at radius 2 is 2.00 bits per heavy atom. The largest absolute Gasteiger partial charge is 0.329 e. The van der Waals surface area contributed by atoms with Crippen molar-refractivity contribution >= 4 is 50.8 Å². The number of hydrogen-bond donors (Lipinski definition) is 1. The van der Waals surface area contributed by atoms with E-state index in [1.807, 2.05) is 28.8 Å². The zero-order valence-electron chi connectivity index (χ0n) is 10.0. The van der Waals surface area contributed by atoms with Crippen LogP contribution < -0.4 is 0 Å². The van der Waals surface area contributed by atoms with E-state index in [4.69, 9.17) is 29.1 Å². The number of para-hydroxylation sites is 1. The van der Waals surface area contributed by atoms with Crippen molar-refractivity contribution in [1.29, 1.82) is 5.26 Å². The molecule has 1 heterocycles. The molecule has 3 rings (SSSR count). The molecule has 0 bridgehead atoms. The Balaban J connectivity index is 2.44. The molecule has 0 fully saturated rings. The Morgan fingerprint density at radius 1 is 1.25 bits per heavy atom. The number of halogens is 2. The molecule has 98 valence electrons. The average Bonchev–Trinajstić information content (AvgIpc) is 2.78. The molecule has 3 nitrogen and oxygen atoms in total. The van der Waals surface area contributed by atoms with Crippen LogP contribution in [0.3, 0.4) is 0 Å². The number of fused-ring (bicyclic) bond motifs is 1. The van der Waals surface area contributed by atoms with E-state index in [0.717, 1.165) is 21.2 Å². The van der Waals surface area contributed by atoms with Gasteiger partial charge in [-0.25, -0.2) is 0 Å². The minimum atomic E-state index is 0.519. The SMILES string of the molecule is N#Cc1cccc2c1[nH]c(=S)n2-c1cccc(Cl)c1Br. The van der Waals surface area contributed by atoms with Crippen LogP contribution >= 0.6 is 39.7 Å². The monoisotopic (exact) mass is 363 g/mol. The van der Waals surface area contributed by atoms with Crippen molar-refractivity contribution in [3.05, 3.63) is 56.2 Å². The summed E-state index contributed by atoms with van der Waals surface area (Å²) in [6, 6.07) is 13.2. The molecule has 1 N–H and O–H groups in total. The van der Waals surface area contributed by atoms with Gasteiger partial charge in [0.1, 0.15) is 6.07 Å². The van der Waals surface area contributed by atoms with E-state index in [-0.39, 0.29) is 0 Å². The third-order valence-corrected chi connectivity index (χ3v) is 4.67. The molecule has 0 radical (unpaired) electrons. The van der Waals surface area contributed by atoms with E-state index in [9.17, 15) is 0 Å². The Kier molecular flexibility index (Phi) is 3.38. The lowest BCUT2D eigenvalue weighted by atomic mass is 10.2. The van der Waals surface area contributed by atoms with Gasteiger partial charge >= 0.3 is 0 Å². The molecule has 0 aliphatic carbocycles. The summed E-state index contributed by atoms with van der Waals surface area (Å²) in [6.45, 7) is 0. The van der Waals surface area contributed by atoms with Crippen LogP contribution in [0, 0.1) is 16.1 Å². The smallest absolute Gasteiger partial charge is 0.182 e. The molecule has 3 aromatic rings. The maximum Gasteiger partial charge on any atom is 0.182 e. The zero-order chi connectivity index (χ0) is 14.3. The van der Waals surface area contributed by atoms with Gasteiger partial charge in [0.25, 0.3) is 0 Å². The van der Waals surface area contributed by atoms with Crippen LogP contribution in [0.1, 0.15) is 5.56 Å². The number of aromatic nitrogens is 2. The topological polar surface area (TPSA) is 44.5 Å². The van der Waals surface area contributed by atoms with E-state index in [1.54, 1.807) is 12.1 Å². The molecule has 0 amide bonds. The predicted molar refractivity (Wildman–Crippen MR) is 85.9 cm³/mol. The maximum atomic E-state index is 9.16. The Morgan fingerprint density at radius 3 is 2.75 bits per heavy atom. The fourth-order valence-electron chi connectivity index (χ4n) is 2.13. The molecule has 0 saturated heterocycles. The van der Waals surface area contributed by atoms with Crippen molar-refractivity contribution in [2.45, 2.75) is 0 Å². The molecule has 0 unspecified atom stereocenters. The van der Waals surface area contributed by atoms with Crippen LogP contribution in [0.2, 0.25) is 5.02 Å². The summed E-state index contributed by atoms with van der Waals surface area (Å²) in [4.78, 5) is 3.08. The van der Waals surface area contributed by atoms with Gasteiger partial charge in [0.05, 0.1) is 31.8 Å². The lowest BCUT2D eigenvalue weighted by Crippen LogP contribution is -1.95. The first kappa shape index (κ1) is 13.4. The summed E-state index contributed by atoms with van der Waals surface area (Å²) >= 11 is 15.0. The molecule has 0 aliphatic heterocycles. The van der Waals surface area contributed by atoms with E-state index in [1.165, 1.54) is 0 Å². The lowest BCUT2D eigenvalue weighted by molar-refractivity contribution is 1.06. The highest BCUT2D eigenvalue weighted by atomic mass is 79.9. The second kappa shape index (κ2) is 5.06. The lowest BCUT2D eigenvalue weighted by Gasteiger charge is -2.08. The van der Waals surface area contributed by atoms with Crippen LogP contribution in [0.25, 0.3) is 16.7 Å². The van der Waals surface area contributed by atoms with Crippen molar-refractivity contribution < 1.29 is 0 Å². The highest BCUT2D eigenvalue weighted by molar-refractivity contribution is 9.10. The molecule has 0 atom stereocenters. The van der Waals surface area contributed by atoms with Crippen molar-refractivity contribution in [3.8, 4) is 11.8 Å². The quantitative estimate of drug-likeness (QED) is 0.619. The molecule has 1 aromatic heterocycles. The first-order chi connectivity index (χ1) is 9.63. The number of hydrogen-bond acceptors (Lipinski definition) is 2. The molecule has 0 saturated carbocycles. The standard InChI is InChI=1S/C14H7BrClN3S/c15-12-9(16)4-2-5-10(12)19-11-6-1-3-8(7-17)13(11)18-14(19)20/h1-6H,(H,18,20). The second-order valence-corrected chi connectivity index (χ2v) is 5.74. The summed E-state index contributed by atoms with van der Waals surface area (Å²) in [5.41, 5.74) is 2.97. The number of nitrogens with zero attached hydrogens (tertiary/aromatic N) is 2. The fraction of sp³-hybridized carbons (Fsp3) is 0. The maximum absolute atomic E-state index is 9.16. The first-order valence-electron chi connectivity index (χ1n) is 5.71. The van der Waals surface area contributed by atoms with Gasteiger partial charge in [-0.1, -0.05) is 23.7 Å². The summed E-state index contributed by atoms with van der Waals surface area (Å²) in [6.07, 6.45) is 0. The number of benzene rings is 2. The normalized spacial score (nSPS) is 10.7. The number of imidazole rings is 1. The summed E-state index contributed by atoms with van der Waals surface area (Å²) < 4.78 is 3.15. The average molecular weight is 365 g/mol. The van der Waals surface area contributed by atoms with Gasteiger partial charge in [0.15, 0.2) is 4.77 Å². The van der Waals surface area contributed by atoms with Gasteiger partial charge < -0.3 is 4.98 Å². The Hall–Kier alpha value is -1.61. The minimum Gasteiger partial charge on any atom is -0.329 e. The Labute approximate surface area is 133 Å². The number of nitriles is 1. The number of aromatic amines is 1. The van der Waals surface area contributed by atoms with Crippen molar-refractivity contribution in [2.24, 2.45) is 0 Å². The zero-order valence-corrected chi connectivity index (χ0v) is 13.2. The van der Waals surface area contributed by atoms with Gasteiger partial charge in [0, 0.05) is 0 Å². The fourth-order valence-corrected chi connectivity index (χ4v) is 3.04. The summed E-state index contributed by atoms with van der Waals surface area (Å²) in [5.74, 6) is 0. The van der Waals surface area contributed by atoms with Crippen LogP contribution in [-0.4, -0.2) is 9.55 Å². The third kappa shape index (κ3) is 1.97. The molecule has 2 aromatic carbocycles. The Bertz CT molecular complexity index is 920. The molecule has 6 heteroatoms. The van der Waals surface area contributed by atoms with E-state index in [0.29, 0.717) is 15.4 Å². The number of nitrogens with one attached hydrogen (secondary N) is 1. The van der Waals surface area contributed by atoms with Crippen LogP contribution in [-0.2, 0) is 0 Å². The molecular weight excluding hydrogens is 358 g/mol.